The lowest BCUT2D eigenvalue weighted by Crippen LogP contribution is -2.58. The molecule has 1 saturated heterocycles. The summed E-state index contributed by atoms with van der Waals surface area (Å²) in [6.45, 7) is 1.96. The molecule has 80 valence electrons. The number of halogens is 3. The van der Waals surface area contributed by atoms with Crippen molar-refractivity contribution in [1.82, 2.24) is 10.2 Å². The summed E-state index contributed by atoms with van der Waals surface area (Å²) in [5.74, 6) is -1.68. The monoisotopic (exact) mass is 208 g/mol. The van der Waals surface area contributed by atoms with Gasteiger partial charge in [-0.05, 0) is 6.92 Å². The van der Waals surface area contributed by atoms with Gasteiger partial charge in [0.15, 0.2) is 0 Å². The van der Waals surface area contributed by atoms with Gasteiger partial charge in [-0.1, -0.05) is 0 Å². The quantitative estimate of drug-likeness (QED) is 0.407. The molecule has 1 fully saturated rings. The number of hydrogen-bond donors (Lipinski definition) is 3. The Bertz CT molecular complexity index is 260. The first-order chi connectivity index (χ1) is 6.34. The van der Waals surface area contributed by atoms with Crippen LogP contribution in [0.3, 0.4) is 0 Å². The SMILES string of the molecule is CC1CNCC(=N)N1C(=N)C(F)(F)F. The maximum absolute atomic E-state index is 12.2. The minimum Gasteiger partial charge on any atom is -0.308 e. The van der Waals surface area contributed by atoms with E-state index in [4.69, 9.17) is 10.8 Å². The number of nitrogens with one attached hydrogen (secondary N) is 3. The van der Waals surface area contributed by atoms with E-state index in [0.29, 0.717) is 11.4 Å². The van der Waals surface area contributed by atoms with E-state index in [9.17, 15) is 13.2 Å². The fraction of sp³-hybridized carbons (Fsp3) is 0.714. The molecule has 1 unspecified atom stereocenters. The number of amidine groups is 2. The van der Waals surface area contributed by atoms with Crippen LogP contribution in [0.15, 0.2) is 0 Å². The zero-order valence-corrected chi connectivity index (χ0v) is 7.57. The Morgan fingerprint density at radius 2 is 2.14 bits per heavy atom. The first-order valence-corrected chi connectivity index (χ1v) is 4.07. The molecule has 0 radical (unpaired) electrons. The lowest BCUT2D eigenvalue weighted by Gasteiger charge is -2.36. The second kappa shape index (κ2) is 3.56. The largest absolute Gasteiger partial charge is 0.449 e. The molecule has 4 nitrogen and oxygen atoms in total. The van der Waals surface area contributed by atoms with E-state index in [1.54, 1.807) is 6.92 Å². The van der Waals surface area contributed by atoms with Crippen LogP contribution >= 0.6 is 0 Å². The number of alkyl halides is 3. The first-order valence-electron chi connectivity index (χ1n) is 4.07. The van der Waals surface area contributed by atoms with Crippen molar-refractivity contribution in [2.45, 2.75) is 19.1 Å². The van der Waals surface area contributed by atoms with Gasteiger partial charge in [-0.25, -0.2) is 0 Å². The summed E-state index contributed by atoms with van der Waals surface area (Å²) in [5, 5.41) is 17.0. The van der Waals surface area contributed by atoms with Crippen LogP contribution in [0.25, 0.3) is 0 Å². The zero-order valence-electron chi connectivity index (χ0n) is 7.57. The highest BCUT2D eigenvalue weighted by Gasteiger charge is 2.42. The summed E-state index contributed by atoms with van der Waals surface area (Å²) in [4.78, 5) is 0.705. The molecule has 1 aliphatic heterocycles. The molecule has 1 heterocycles. The summed E-state index contributed by atoms with van der Waals surface area (Å²) < 4.78 is 36.6. The highest BCUT2D eigenvalue weighted by molar-refractivity contribution is 6.02. The summed E-state index contributed by atoms with van der Waals surface area (Å²) in [6, 6.07) is -0.509. The summed E-state index contributed by atoms with van der Waals surface area (Å²) in [6.07, 6.45) is -4.68. The van der Waals surface area contributed by atoms with Crippen LogP contribution in [0, 0.1) is 10.8 Å². The number of piperazine rings is 1. The molecule has 1 aliphatic rings. The van der Waals surface area contributed by atoms with Gasteiger partial charge in [0, 0.05) is 12.6 Å². The van der Waals surface area contributed by atoms with Crippen molar-refractivity contribution in [2.75, 3.05) is 13.1 Å². The fourth-order valence-electron chi connectivity index (χ4n) is 1.33. The minimum absolute atomic E-state index is 0.0722. The van der Waals surface area contributed by atoms with Gasteiger partial charge in [-0.2, -0.15) is 13.2 Å². The van der Waals surface area contributed by atoms with Crippen LogP contribution in [-0.2, 0) is 0 Å². The average molecular weight is 208 g/mol. The molecular formula is C7H11F3N4. The highest BCUT2D eigenvalue weighted by atomic mass is 19.4. The van der Waals surface area contributed by atoms with Crippen LogP contribution in [0.4, 0.5) is 13.2 Å². The molecule has 0 aromatic rings. The third-order valence-electron chi connectivity index (χ3n) is 1.97. The average Bonchev–Trinajstić information content (AvgIpc) is 2.01. The van der Waals surface area contributed by atoms with Gasteiger partial charge in [-0.3, -0.25) is 10.8 Å². The third kappa shape index (κ3) is 2.03. The van der Waals surface area contributed by atoms with Crippen LogP contribution in [0.2, 0.25) is 0 Å². The van der Waals surface area contributed by atoms with Crippen LogP contribution in [0.5, 0.6) is 0 Å². The Morgan fingerprint density at radius 3 is 2.57 bits per heavy atom. The van der Waals surface area contributed by atoms with Crippen LogP contribution in [0.1, 0.15) is 6.92 Å². The normalized spacial score (nSPS) is 23.9. The van der Waals surface area contributed by atoms with Crippen molar-refractivity contribution in [1.29, 1.82) is 10.8 Å². The van der Waals surface area contributed by atoms with Gasteiger partial charge in [0.2, 0.25) is 5.84 Å². The summed E-state index contributed by atoms with van der Waals surface area (Å²) >= 11 is 0. The first kappa shape index (κ1) is 11.0. The van der Waals surface area contributed by atoms with E-state index in [1.807, 2.05) is 0 Å². The van der Waals surface area contributed by atoms with Crippen molar-refractivity contribution < 1.29 is 13.2 Å². The topological polar surface area (TPSA) is 63.0 Å². The van der Waals surface area contributed by atoms with Gasteiger partial charge < -0.3 is 10.2 Å². The van der Waals surface area contributed by atoms with E-state index in [2.05, 4.69) is 5.32 Å². The van der Waals surface area contributed by atoms with E-state index in [1.165, 1.54) is 0 Å². The summed E-state index contributed by atoms with van der Waals surface area (Å²) in [7, 11) is 0. The molecule has 0 aromatic heterocycles. The molecule has 0 bridgehead atoms. The Labute approximate surface area is 79.1 Å². The van der Waals surface area contributed by atoms with Crippen molar-refractivity contribution in [3.05, 3.63) is 0 Å². The van der Waals surface area contributed by atoms with Crippen LogP contribution < -0.4 is 5.32 Å². The second-order valence-electron chi connectivity index (χ2n) is 3.14. The molecule has 0 amide bonds. The molecular weight excluding hydrogens is 197 g/mol. The molecule has 14 heavy (non-hydrogen) atoms. The maximum Gasteiger partial charge on any atom is 0.449 e. The van der Waals surface area contributed by atoms with Crippen molar-refractivity contribution in [3.8, 4) is 0 Å². The second-order valence-corrected chi connectivity index (χ2v) is 3.14. The number of rotatable bonds is 0. The maximum atomic E-state index is 12.2. The van der Waals surface area contributed by atoms with E-state index >= 15 is 0 Å². The van der Waals surface area contributed by atoms with Gasteiger partial charge in [0.05, 0.1) is 6.54 Å². The van der Waals surface area contributed by atoms with Gasteiger partial charge in [0.25, 0.3) is 0 Å². The number of hydrogen-bond acceptors (Lipinski definition) is 3. The van der Waals surface area contributed by atoms with Crippen LogP contribution in [-0.4, -0.2) is 41.9 Å². The Morgan fingerprint density at radius 1 is 1.57 bits per heavy atom. The standard InChI is InChI=1S/C7H11F3N4/c1-4-2-13-3-5(11)14(4)6(12)7(8,9)10/h4,11-13H,2-3H2,1H3. The Kier molecular flexibility index (Phi) is 2.79. The lowest BCUT2D eigenvalue weighted by atomic mass is 10.2. The molecule has 0 aliphatic carbocycles. The Balaban J connectivity index is 2.83. The van der Waals surface area contributed by atoms with Gasteiger partial charge in [0.1, 0.15) is 5.84 Å². The predicted octanol–water partition coefficient (Wildman–Crippen LogP) is 0.797. The molecule has 7 heteroatoms. The molecule has 1 atom stereocenters. The predicted molar refractivity (Wildman–Crippen MR) is 45.7 cm³/mol. The van der Waals surface area contributed by atoms with E-state index < -0.39 is 18.1 Å². The molecule has 1 rings (SSSR count). The van der Waals surface area contributed by atoms with Crippen molar-refractivity contribution >= 4 is 11.7 Å². The zero-order chi connectivity index (χ0) is 10.9. The molecule has 0 saturated carbocycles. The highest BCUT2D eigenvalue weighted by Crippen LogP contribution is 2.21. The minimum atomic E-state index is -4.68. The smallest absolute Gasteiger partial charge is 0.308 e. The van der Waals surface area contributed by atoms with Gasteiger partial charge >= 0.3 is 6.18 Å². The third-order valence-corrected chi connectivity index (χ3v) is 1.97. The lowest BCUT2D eigenvalue weighted by molar-refractivity contribution is -0.0684. The molecule has 3 N–H and O–H groups in total. The molecule has 0 spiro atoms. The number of nitrogens with zero attached hydrogens (tertiary/aromatic N) is 1. The van der Waals surface area contributed by atoms with E-state index in [-0.39, 0.29) is 12.4 Å². The summed E-state index contributed by atoms with van der Waals surface area (Å²) in [5.41, 5.74) is 0. The van der Waals surface area contributed by atoms with Crippen molar-refractivity contribution in [2.24, 2.45) is 0 Å². The molecule has 0 aromatic carbocycles. The van der Waals surface area contributed by atoms with Crippen molar-refractivity contribution in [3.63, 3.8) is 0 Å². The Hall–Kier alpha value is -1.11. The fourth-order valence-corrected chi connectivity index (χ4v) is 1.33. The van der Waals surface area contributed by atoms with E-state index in [0.717, 1.165) is 0 Å². The van der Waals surface area contributed by atoms with Gasteiger partial charge in [-0.15, -0.1) is 0 Å².